The second kappa shape index (κ2) is 8.10. The number of nitrogens with one attached hydrogen (secondary N) is 1. The third-order valence-corrected chi connectivity index (χ3v) is 5.35. The van der Waals surface area contributed by atoms with Crippen LogP contribution in [0.15, 0.2) is 24.3 Å². The number of benzene rings is 1. The summed E-state index contributed by atoms with van der Waals surface area (Å²) in [6, 6.07) is 8.41. The van der Waals surface area contributed by atoms with Gasteiger partial charge in [-0.3, -0.25) is 14.6 Å². The molecular weight excluding hydrogens is 302 g/mol. The van der Waals surface area contributed by atoms with Gasteiger partial charge in [0.1, 0.15) is 0 Å². The van der Waals surface area contributed by atoms with Gasteiger partial charge in [-0.15, -0.1) is 0 Å². The summed E-state index contributed by atoms with van der Waals surface area (Å²) in [6.07, 6.45) is 2.37. The van der Waals surface area contributed by atoms with Gasteiger partial charge in [-0.25, -0.2) is 0 Å². The fourth-order valence-electron chi connectivity index (χ4n) is 3.78. The Morgan fingerprint density at radius 3 is 2.83 bits per heavy atom. The van der Waals surface area contributed by atoms with Gasteiger partial charge < -0.3 is 10.1 Å². The lowest BCUT2D eigenvalue weighted by Crippen LogP contribution is -2.48. The Kier molecular flexibility index (Phi) is 5.87. The highest BCUT2D eigenvalue weighted by molar-refractivity contribution is 5.94. The molecule has 0 radical (unpaired) electrons. The Balaban J connectivity index is 1.68. The molecule has 0 spiro atoms. The first kappa shape index (κ1) is 17.4. The van der Waals surface area contributed by atoms with Gasteiger partial charge in [0.15, 0.2) is 0 Å². The number of hydrogen-bond acceptors (Lipinski definition) is 4. The highest BCUT2D eigenvalue weighted by Crippen LogP contribution is 2.26. The van der Waals surface area contributed by atoms with E-state index >= 15 is 0 Å². The van der Waals surface area contributed by atoms with Crippen LogP contribution in [-0.4, -0.2) is 69.2 Å². The minimum Gasteiger partial charge on any atom is -0.381 e. The molecule has 0 aromatic heterocycles. The summed E-state index contributed by atoms with van der Waals surface area (Å²) in [6.45, 7) is 6.22. The average molecular weight is 331 g/mol. The molecule has 1 aromatic rings. The number of piperazine rings is 1. The topological polar surface area (TPSA) is 44.8 Å². The number of hydrogen-bond donors (Lipinski definition) is 1. The Bertz CT molecular complexity index is 557. The number of likely N-dealkylation sites (N-methyl/N-ethyl adjacent to an activating group) is 1. The van der Waals surface area contributed by atoms with Gasteiger partial charge in [0, 0.05) is 58.0 Å². The molecule has 0 saturated carbocycles. The van der Waals surface area contributed by atoms with E-state index in [0.29, 0.717) is 6.04 Å². The molecule has 1 aromatic carbocycles. The maximum Gasteiger partial charge on any atom is 0.251 e. The lowest BCUT2D eigenvalue weighted by atomic mass is 9.96. The monoisotopic (exact) mass is 331 g/mol. The Morgan fingerprint density at radius 2 is 2.08 bits per heavy atom. The van der Waals surface area contributed by atoms with Crippen molar-refractivity contribution in [2.24, 2.45) is 5.92 Å². The fraction of sp³-hybridized carbons (Fsp3) is 0.632. The second-order valence-corrected chi connectivity index (χ2v) is 7.02. The minimum atomic E-state index is -0.0191. The van der Waals surface area contributed by atoms with E-state index in [1.54, 1.807) is 7.05 Å². The first-order valence-corrected chi connectivity index (χ1v) is 8.99. The summed E-state index contributed by atoms with van der Waals surface area (Å²) in [5.41, 5.74) is 1.97. The average Bonchev–Trinajstić information content (AvgIpc) is 2.63. The molecule has 1 unspecified atom stereocenters. The van der Waals surface area contributed by atoms with Crippen molar-refractivity contribution in [3.05, 3.63) is 35.4 Å². The van der Waals surface area contributed by atoms with Crippen molar-refractivity contribution in [1.29, 1.82) is 0 Å². The molecule has 0 bridgehead atoms. The molecule has 1 N–H and O–H groups in total. The van der Waals surface area contributed by atoms with Crippen LogP contribution in [0.3, 0.4) is 0 Å². The van der Waals surface area contributed by atoms with E-state index in [2.05, 4.69) is 28.2 Å². The van der Waals surface area contributed by atoms with E-state index in [9.17, 15) is 4.79 Å². The number of carbonyl (C=O) groups excluding carboxylic acids is 1. The summed E-state index contributed by atoms with van der Waals surface area (Å²) in [5.74, 6) is 0.745. The number of amides is 1. The maximum atomic E-state index is 11.9. The zero-order valence-electron chi connectivity index (χ0n) is 14.8. The van der Waals surface area contributed by atoms with E-state index in [1.807, 2.05) is 18.2 Å². The van der Waals surface area contributed by atoms with Crippen LogP contribution in [0.1, 0.15) is 34.8 Å². The molecule has 5 nitrogen and oxygen atoms in total. The first-order valence-electron chi connectivity index (χ1n) is 8.99. The summed E-state index contributed by atoms with van der Waals surface area (Å²) in [7, 11) is 3.86. The lowest BCUT2D eigenvalue weighted by molar-refractivity contribution is 0.0333. The van der Waals surface area contributed by atoms with Gasteiger partial charge in [0.05, 0.1) is 0 Å². The summed E-state index contributed by atoms with van der Waals surface area (Å²) in [5, 5.41) is 2.71. The van der Waals surface area contributed by atoms with Gasteiger partial charge in [-0.2, -0.15) is 0 Å². The molecule has 1 atom stereocenters. The number of nitrogens with zero attached hydrogens (tertiary/aromatic N) is 2. The second-order valence-electron chi connectivity index (χ2n) is 7.02. The van der Waals surface area contributed by atoms with Gasteiger partial charge in [0.25, 0.3) is 5.91 Å². The third kappa shape index (κ3) is 4.15. The van der Waals surface area contributed by atoms with Crippen LogP contribution in [-0.2, 0) is 4.74 Å². The first-order chi connectivity index (χ1) is 11.7. The molecule has 5 heteroatoms. The van der Waals surface area contributed by atoms with Crippen LogP contribution in [0, 0.1) is 5.92 Å². The molecular formula is C19H29N3O2. The quantitative estimate of drug-likeness (QED) is 0.913. The Labute approximate surface area is 145 Å². The van der Waals surface area contributed by atoms with E-state index in [4.69, 9.17) is 4.74 Å². The van der Waals surface area contributed by atoms with E-state index in [1.165, 1.54) is 24.9 Å². The van der Waals surface area contributed by atoms with Crippen LogP contribution in [0.4, 0.5) is 0 Å². The van der Waals surface area contributed by atoms with Crippen molar-refractivity contribution in [2.75, 3.05) is 53.5 Å². The predicted molar refractivity (Wildman–Crippen MR) is 95.2 cm³/mol. The van der Waals surface area contributed by atoms with Crippen molar-refractivity contribution in [1.82, 2.24) is 15.1 Å². The zero-order chi connectivity index (χ0) is 16.9. The van der Waals surface area contributed by atoms with E-state index in [-0.39, 0.29) is 5.91 Å². The largest absolute Gasteiger partial charge is 0.381 e. The van der Waals surface area contributed by atoms with Crippen LogP contribution in [0.25, 0.3) is 0 Å². The maximum absolute atomic E-state index is 11.9. The van der Waals surface area contributed by atoms with Gasteiger partial charge in [-0.05, 0) is 43.5 Å². The molecule has 2 fully saturated rings. The van der Waals surface area contributed by atoms with Crippen molar-refractivity contribution in [3.8, 4) is 0 Å². The molecule has 24 heavy (non-hydrogen) atoms. The van der Waals surface area contributed by atoms with Crippen LogP contribution >= 0.6 is 0 Å². The van der Waals surface area contributed by atoms with Crippen molar-refractivity contribution in [3.63, 3.8) is 0 Å². The number of ether oxygens (including phenoxy) is 1. The van der Waals surface area contributed by atoms with Gasteiger partial charge in [0.2, 0.25) is 0 Å². The smallest absolute Gasteiger partial charge is 0.251 e. The van der Waals surface area contributed by atoms with Crippen molar-refractivity contribution >= 4 is 5.91 Å². The van der Waals surface area contributed by atoms with Gasteiger partial charge in [-0.1, -0.05) is 12.1 Å². The van der Waals surface area contributed by atoms with Crippen molar-refractivity contribution in [2.45, 2.75) is 18.9 Å². The summed E-state index contributed by atoms with van der Waals surface area (Å²) >= 11 is 0. The Morgan fingerprint density at radius 1 is 1.29 bits per heavy atom. The molecule has 132 valence electrons. The predicted octanol–water partition coefficient (Wildman–Crippen LogP) is 1.76. The van der Waals surface area contributed by atoms with Crippen LogP contribution in [0.2, 0.25) is 0 Å². The number of rotatable bonds is 4. The fourth-order valence-corrected chi connectivity index (χ4v) is 3.78. The molecule has 3 rings (SSSR count). The molecule has 2 aliphatic heterocycles. The van der Waals surface area contributed by atoms with Crippen LogP contribution in [0.5, 0.6) is 0 Å². The molecule has 0 aliphatic carbocycles. The lowest BCUT2D eigenvalue weighted by Gasteiger charge is -2.41. The van der Waals surface area contributed by atoms with Crippen molar-refractivity contribution < 1.29 is 9.53 Å². The van der Waals surface area contributed by atoms with Gasteiger partial charge >= 0.3 is 0 Å². The molecule has 2 aliphatic rings. The standard InChI is InChI=1S/C19H29N3O2/c1-20-19(23)17-5-3-4-16(12-17)18-14-22(9-8-21(18)2)13-15-6-10-24-11-7-15/h3-5,12,15,18H,6-11,13-14H2,1-2H3,(H,20,23). The third-order valence-electron chi connectivity index (χ3n) is 5.35. The van der Waals surface area contributed by atoms with Crippen LogP contribution < -0.4 is 5.32 Å². The van der Waals surface area contributed by atoms with E-state index in [0.717, 1.165) is 44.3 Å². The highest BCUT2D eigenvalue weighted by Gasteiger charge is 2.28. The molecule has 2 heterocycles. The molecule has 2 saturated heterocycles. The summed E-state index contributed by atoms with van der Waals surface area (Å²) in [4.78, 5) is 16.9. The summed E-state index contributed by atoms with van der Waals surface area (Å²) < 4.78 is 5.48. The normalized spacial score (nSPS) is 24.0. The Hall–Kier alpha value is -1.43. The minimum absolute atomic E-state index is 0.0191. The molecule has 1 amide bonds. The zero-order valence-corrected chi connectivity index (χ0v) is 14.8. The van der Waals surface area contributed by atoms with E-state index < -0.39 is 0 Å². The number of carbonyl (C=O) groups is 1. The SMILES string of the molecule is CNC(=O)c1cccc(C2CN(CC3CCOCC3)CCN2C)c1. The highest BCUT2D eigenvalue weighted by atomic mass is 16.5.